The smallest absolute Gasteiger partial charge is 0.171 e. The van der Waals surface area contributed by atoms with Crippen LogP contribution in [0.3, 0.4) is 0 Å². The molecule has 0 bridgehead atoms. The molecule has 1 unspecified atom stereocenters. The fourth-order valence-corrected chi connectivity index (χ4v) is 2.88. The zero-order chi connectivity index (χ0) is 16.3. The molecule has 2 aromatic rings. The van der Waals surface area contributed by atoms with E-state index in [1.54, 1.807) is 0 Å². The number of nitrogens with zero attached hydrogens (tertiary/aromatic N) is 2. The van der Waals surface area contributed by atoms with Crippen molar-refractivity contribution < 1.29 is 0 Å². The van der Waals surface area contributed by atoms with E-state index in [-0.39, 0.29) is 6.04 Å². The summed E-state index contributed by atoms with van der Waals surface area (Å²) < 4.78 is 1.99. The Morgan fingerprint density at radius 1 is 1.32 bits per heavy atom. The lowest BCUT2D eigenvalue weighted by atomic mass is 10.1. The average molecular weight is 316 g/mol. The van der Waals surface area contributed by atoms with Crippen molar-refractivity contribution in [1.29, 1.82) is 0 Å². The Balaban J connectivity index is 2.03. The van der Waals surface area contributed by atoms with E-state index in [2.05, 4.69) is 68.6 Å². The predicted octanol–water partition coefficient (Wildman–Crippen LogP) is 3.88. The summed E-state index contributed by atoms with van der Waals surface area (Å²) in [6.07, 6.45) is 1.91. The first-order chi connectivity index (χ1) is 10.4. The van der Waals surface area contributed by atoms with Gasteiger partial charge in [0, 0.05) is 23.5 Å². The molecule has 4 nitrogen and oxygen atoms in total. The van der Waals surface area contributed by atoms with Gasteiger partial charge in [-0.3, -0.25) is 4.68 Å². The highest BCUT2D eigenvalue weighted by Gasteiger charge is 2.14. The molecule has 0 amide bonds. The van der Waals surface area contributed by atoms with Gasteiger partial charge < -0.3 is 10.6 Å². The van der Waals surface area contributed by atoms with Crippen LogP contribution in [0.1, 0.15) is 42.3 Å². The van der Waals surface area contributed by atoms with Crippen LogP contribution in [-0.2, 0) is 6.54 Å². The SMILES string of the molecule is CCn1ncc(C(C)NC(=S)Nc2ccc(C)cc2C)c1C. The van der Waals surface area contributed by atoms with Crippen LogP contribution in [-0.4, -0.2) is 14.9 Å². The minimum absolute atomic E-state index is 0.117. The maximum atomic E-state index is 5.43. The molecule has 0 aliphatic rings. The van der Waals surface area contributed by atoms with Gasteiger partial charge in [0.25, 0.3) is 0 Å². The normalized spacial score (nSPS) is 12.0. The van der Waals surface area contributed by atoms with Crippen molar-refractivity contribution in [3.63, 3.8) is 0 Å². The molecule has 0 spiro atoms. The van der Waals surface area contributed by atoms with Crippen molar-refractivity contribution in [1.82, 2.24) is 15.1 Å². The number of thiocarbonyl (C=S) groups is 1. The highest BCUT2D eigenvalue weighted by Crippen LogP contribution is 2.19. The summed E-state index contributed by atoms with van der Waals surface area (Å²) in [4.78, 5) is 0. The molecule has 0 fully saturated rings. The summed E-state index contributed by atoms with van der Waals surface area (Å²) in [7, 11) is 0. The molecule has 0 aliphatic heterocycles. The van der Waals surface area contributed by atoms with Gasteiger partial charge in [0.15, 0.2) is 5.11 Å². The standard InChI is InChI=1S/C17H24N4S/c1-6-21-14(5)15(10-18-21)13(4)19-17(22)20-16-8-7-11(2)9-12(16)3/h7-10,13H,6H2,1-5H3,(H2,19,20,22). The summed E-state index contributed by atoms with van der Waals surface area (Å²) >= 11 is 5.43. The van der Waals surface area contributed by atoms with Crippen LogP contribution in [0.4, 0.5) is 5.69 Å². The average Bonchev–Trinajstić information content (AvgIpc) is 2.83. The van der Waals surface area contributed by atoms with E-state index in [0.29, 0.717) is 5.11 Å². The van der Waals surface area contributed by atoms with Gasteiger partial charge in [0.2, 0.25) is 0 Å². The number of aromatic nitrogens is 2. The highest BCUT2D eigenvalue weighted by molar-refractivity contribution is 7.80. The summed E-state index contributed by atoms with van der Waals surface area (Å²) in [5.74, 6) is 0. The van der Waals surface area contributed by atoms with E-state index in [1.807, 2.05) is 10.9 Å². The van der Waals surface area contributed by atoms with E-state index < -0.39 is 0 Å². The number of hydrogen-bond donors (Lipinski definition) is 2. The molecular formula is C17H24N4S. The minimum Gasteiger partial charge on any atom is -0.356 e. The number of anilines is 1. The topological polar surface area (TPSA) is 41.9 Å². The summed E-state index contributed by atoms with van der Waals surface area (Å²) in [5.41, 5.74) is 5.82. The van der Waals surface area contributed by atoms with Gasteiger partial charge in [-0.15, -0.1) is 0 Å². The number of benzene rings is 1. The van der Waals surface area contributed by atoms with Crippen LogP contribution in [0.2, 0.25) is 0 Å². The monoisotopic (exact) mass is 316 g/mol. The molecular weight excluding hydrogens is 292 g/mol. The molecule has 0 saturated carbocycles. The lowest BCUT2D eigenvalue weighted by molar-refractivity contribution is 0.633. The van der Waals surface area contributed by atoms with Crippen LogP contribution in [0.15, 0.2) is 24.4 Å². The Bertz CT molecular complexity index is 675. The Labute approximate surface area is 137 Å². The molecule has 1 atom stereocenters. The zero-order valence-corrected chi connectivity index (χ0v) is 14.7. The van der Waals surface area contributed by atoms with Crippen LogP contribution < -0.4 is 10.6 Å². The van der Waals surface area contributed by atoms with Crippen LogP contribution in [0, 0.1) is 20.8 Å². The zero-order valence-electron chi connectivity index (χ0n) is 13.9. The first-order valence-corrected chi connectivity index (χ1v) is 8.00. The second-order valence-corrected chi connectivity index (χ2v) is 6.05. The number of aryl methyl sites for hydroxylation is 3. The van der Waals surface area contributed by atoms with Crippen molar-refractivity contribution in [2.75, 3.05) is 5.32 Å². The molecule has 2 N–H and O–H groups in total. The fourth-order valence-electron chi connectivity index (χ4n) is 2.59. The third-order valence-electron chi connectivity index (χ3n) is 3.88. The van der Waals surface area contributed by atoms with E-state index in [1.165, 1.54) is 22.4 Å². The Morgan fingerprint density at radius 2 is 2.05 bits per heavy atom. The third kappa shape index (κ3) is 3.65. The molecule has 22 heavy (non-hydrogen) atoms. The molecule has 0 aliphatic carbocycles. The number of nitrogens with one attached hydrogen (secondary N) is 2. The quantitative estimate of drug-likeness (QED) is 0.840. The van der Waals surface area contributed by atoms with Gasteiger partial charge >= 0.3 is 0 Å². The fraction of sp³-hybridized carbons (Fsp3) is 0.412. The van der Waals surface area contributed by atoms with E-state index in [9.17, 15) is 0 Å². The first kappa shape index (κ1) is 16.5. The van der Waals surface area contributed by atoms with E-state index in [0.717, 1.165) is 12.2 Å². The van der Waals surface area contributed by atoms with E-state index in [4.69, 9.17) is 12.2 Å². The second-order valence-electron chi connectivity index (χ2n) is 5.64. The molecule has 5 heteroatoms. The van der Waals surface area contributed by atoms with Crippen molar-refractivity contribution in [3.8, 4) is 0 Å². The lowest BCUT2D eigenvalue weighted by Crippen LogP contribution is -2.31. The van der Waals surface area contributed by atoms with Gasteiger partial charge in [0.05, 0.1) is 12.2 Å². The molecule has 1 aromatic carbocycles. The van der Waals surface area contributed by atoms with Gasteiger partial charge in [-0.1, -0.05) is 17.7 Å². The Morgan fingerprint density at radius 3 is 2.64 bits per heavy atom. The summed E-state index contributed by atoms with van der Waals surface area (Å²) in [6, 6.07) is 6.40. The van der Waals surface area contributed by atoms with Gasteiger partial charge in [-0.25, -0.2) is 0 Å². The van der Waals surface area contributed by atoms with Crippen molar-refractivity contribution in [2.24, 2.45) is 0 Å². The van der Waals surface area contributed by atoms with Gasteiger partial charge in [-0.2, -0.15) is 5.10 Å². The Hall–Kier alpha value is -1.88. The van der Waals surface area contributed by atoms with Crippen molar-refractivity contribution in [3.05, 3.63) is 46.8 Å². The van der Waals surface area contributed by atoms with Crippen LogP contribution >= 0.6 is 12.2 Å². The molecule has 0 saturated heterocycles. The maximum Gasteiger partial charge on any atom is 0.171 e. The molecule has 1 heterocycles. The summed E-state index contributed by atoms with van der Waals surface area (Å²) in [5, 5.41) is 11.6. The van der Waals surface area contributed by atoms with Gasteiger partial charge in [0.1, 0.15) is 0 Å². The highest BCUT2D eigenvalue weighted by atomic mass is 32.1. The minimum atomic E-state index is 0.117. The number of hydrogen-bond acceptors (Lipinski definition) is 2. The van der Waals surface area contributed by atoms with Crippen molar-refractivity contribution in [2.45, 2.75) is 47.2 Å². The largest absolute Gasteiger partial charge is 0.356 e. The molecule has 118 valence electrons. The van der Waals surface area contributed by atoms with Gasteiger partial charge in [-0.05, 0) is 58.5 Å². The maximum absolute atomic E-state index is 5.43. The lowest BCUT2D eigenvalue weighted by Gasteiger charge is -2.18. The first-order valence-electron chi connectivity index (χ1n) is 7.59. The van der Waals surface area contributed by atoms with Crippen molar-refractivity contribution >= 4 is 23.0 Å². The van der Waals surface area contributed by atoms with Crippen LogP contribution in [0.5, 0.6) is 0 Å². The second kappa shape index (κ2) is 6.92. The third-order valence-corrected chi connectivity index (χ3v) is 4.10. The molecule has 0 radical (unpaired) electrons. The Kier molecular flexibility index (Phi) is 5.19. The van der Waals surface area contributed by atoms with E-state index >= 15 is 0 Å². The predicted molar refractivity (Wildman–Crippen MR) is 96.3 cm³/mol. The molecule has 2 rings (SSSR count). The number of rotatable bonds is 4. The van der Waals surface area contributed by atoms with Crippen LogP contribution in [0.25, 0.3) is 0 Å². The molecule has 1 aromatic heterocycles. The summed E-state index contributed by atoms with van der Waals surface area (Å²) in [6.45, 7) is 11.3.